The Kier molecular flexibility index (Phi) is 10.9. The van der Waals surface area contributed by atoms with Crippen LogP contribution in [-0.4, -0.2) is 23.9 Å². The highest BCUT2D eigenvalue weighted by molar-refractivity contribution is 5.91. The third kappa shape index (κ3) is 9.60. The van der Waals surface area contributed by atoms with E-state index in [1.54, 1.807) is 24.3 Å². The van der Waals surface area contributed by atoms with Crippen molar-refractivity contribution >= 4 is 30.0 Å². The van der Waals surface area contributed by atoms with Gasteiger partial charge in [0.1, 0.15) is 18.1 Å². The first kappa shape index (κ1) is 31.0. The Hall–Kier alpha value is -5.18. The van der Waals surface area contributed by atoms with E-state index in [1.807, 2.05) is 0 Å². The monoisotopic (exact) mass is 546 g/mol. The van der Waals surface area contributed by atoms with Crippen LogP contribution in [0.15, 0.2) is 91.3 Å². The number of benzene rings is 2. The molecular formula is C31H30O9. The van der Waals surface area contributed by atoms with Crippen molar-refractivity contribution in [2.24, 2.45) is 0 Å². The first-order valence-electron chi connectivity index (χ1n) is 11.8. The zero-order valence-corrected chi connectivity index (χ0v) is 22.8. The van der Waals surface area contributed by atoms with Gasteiger partial charge >= 0.3 is 23.9 Å². The van der Waals surface area contributed by atoms with E-state index in [9.17, 15) is 19.2 Å². The predicted octanol–water partition coefficient (Wildman–Crippen LogP) is 5.80. The summed E-state index contributed by atoms with van der Waals surface area (Å²) in [5.74, 6) is -2.37. The highest BCUT2D eigenvalue weighted by Gasteiger charge is 2.16. The number of hydrogen-bond donors (Lipinski definition) is 0. The van der Waals surface area contributed by atoms with E-state index in [0.29, 0.717) is 11.1 Å². The molecule has 2 aromatic carbocycles. The maximum atomic E-state index is 12.1. The minimum absolute atomic E-state index is 0.000694. The molecule has 0 spiro atoms. The van der Waals surface area contributed by atoms with Gasteiger partial charge in [0.2, 0.25) is 0 Å². The van der Waals surface area contributed by atoms with Crippen molar-refractivity contribution in [2.45, 2.75) is 34.3 Å². The quantitative estimate of drug-likeness (QED) is 0.141. The number of carbonyl (C=O) groups excluding carboxylic acids is 4. The van der Waals surface area contributed by atoms with E-state index in [0.717, 1.165) is 0 Å². The molecule has 0 aromatic heterocycles. The largest absolute Gasteiger partial charge is 0.496 e. The molecule has 0 radical (unpaired) electrons. The number of rotatable bonds is 12. The number of ether oxygens (including phenoxy) is 5. The fourth-order valence-corrected chi connectivity index (χ4v) is 2.66. The van der Waals surface area contributed by atoms with Gasteiger partial charge in [-0.25, -0.2) is 19.2 Å². The van der Waals surface area contributed by atoms with Crippen LogP contribution in [0.4, 0.5) is 0 Å². The first-order valence-corrected chi connectivity index (χ1v) is 11.8. The molecule has 0 aliphatic rings. The lowest BCUT2D eigenvalue weighted by Gasteiger charge is -2.12. The molecule has 0 saturated carbocycles. The lowest BCUT2D eigenvalue weighted by molar-refractivity contribution is -0.132. The first-order chi connectivity index (χ1) is 18.8. The van der Waals surface area contributed by atoms with Gasteiger partial charge < -0.3 is 23.7 Å². The molecule has 40 heavy (non-hydrogen) atoms. The lowest BCUT2D eigenvalue weighted by atomic mass is 10.2. The van der Waals surface area contributed by atoms with Crippen molar-refractivity contribution in [1.82, 2.24) is 0 Å². The summed E-state index contributed by atoms with van der Waals surface area (Å²) in [6, 6.07) is 9.04. The SMILES string of the molecule is C=C(C)C(=O)Oc1cc(CO/C=C/c2ccc(OC(=O)C(=C)C)c(OC(=O)C(=C)C)c2)cc(OC(=O)C(=C)C)c1. The van der Waals surface area contributed by atoms with Crippen molar-refractivity contribution in [3.63, 3.8) is 0 Å². The van der Waals surface area contributed by atoms with Crippen molar-refractivity contribution in [3.05, 3.63) is 102 Å². The fourth-order valence-electron chi connectivity index (χ4n) is 2.66. The Balaban J connectivity index is 2.24. The molecular weight excluding hydrogens is 516 g/mol. The van der Waals surface area contributed by atoms with Crippen molar-refractivity contribution in [3.8, 4) is 23.0 Å². The molecule has 0 fully saturated rings. The molecule has 0 heterocycles. The van der Waals surface area contributed by atoms with Gasteiger partial charge in [0.05, 0.1) is 6.26 Å². The molecule has 2 aromatic rings. The van der Waals surface area contributed by atoms with Gasteiger partial charge in [0.15, 0.2) is 11.5 Å². The Morgan fingerprint density at radius 3 is 1.55 bits per heavy atom. The molecule has 0 unspecified atom stereocenters. The zero-order valence-electron chi connectivity index (χ0n) is 22.8. The van der Waals surface area contributed by atoms with Crippen LogP contribution in [0.1, 0.15) is 38.8 Å². The summed E-state index contributed by atoms with van der Waals surface area (Å²) in [5, 5.41) is 0. The van der Waals surface area contributed by atoms with Gasteiger partial charge in [-0.3, -0.25) is 0 Å². The van der Waals surface area contributed by atoms with E-state index < -0.39 is 23.9 Å². The molecule has 0 aliphatic heterocycles. The average molecular weight is 547 g/mol. The normalized spacial score (nSPS) is 10.3. The summed E-state index contributed by atoms with van der Waals surface area (Å²) in [5.41, 5.74) is 1.80. The number of hydrogen-bond acceptors (Lipinski definition) is 9. The summed E-state index contributed by atoms with van der Waals surface area (Å²) in [4.78, 5) is 48.0. The van der Waals surface area contributed by atoms with Gasteiger partial charge in [0, 0.05) is 28.4 Å². The van der Waals surface area contributed by atoms with Crippen LogP contribution < -0.4 is 18.9 Å². The van der Waals surface area contributed by atoms with Gasteiger partial charge in [-0.2, -0.15) is 0 Å². The highest BCUT2D eigenvalue weighted by Crippen LogP contribution is 2.30. The van der Waals surface area contributed by atoms with Crippen LogP contribution in [0.2, 0.25) is 0 Å². The fraction of sp³-hybridized carbons (Fsp3) is 0.161. The molecule has 0 amide bonds. The van der Waals surface area contributed by atoms with Crippen LogP contribution in [0.5, 0.6) is 23.0 Å². The standard InChI is InChI=1S/C31H30O9/c1-18(2)28(32)37-24-13-23(14-25(16-24)38-29(33)19(3)4)17-36-12-11-22-9-10-26(39-30(34)20(5)6)27(15-22)40-31(35)21(7)8/h9-16H,1,3,5,7,17H2,2,4,6,8H3/b12-11+. The van der Waals surface area contributed by atoms with Gasteiger partial charge in [0.25, 0.3) is 0 Å². The van der Waals surface area contributed by atoms with Crippen LogP contribution in [0.25, 0.3) is 6.08 Å². The van der Waals surface area contributed by atoms with Crippen LogP contribution >= 0.6 is 0 Å². The van der Waals surface area contributed by atoms with E-state index in [-0.39, 0.29) is 51.9 Å². The Morgan fingerprint density at radius 1 is 0.625 bits per heavy atom. The van der Waals surface area contributed by atoms with Crippen LogP contribution in [0.3, 0.4) is 0 Å². The van der Waals surface area contributed by atoms with Gasteiger partial charge in [-0.1, -0.05) is 32.4 Å². The second-order valence-electron chi connectivity index (χ2n) is 8.81. The van der Waals surface area contributed by atoms with Gasteiger partial charge in [-0.15, -0.1) is 0 Å². The summed E-state index contributed by atoms with van der Waals surface area (Å²) < 4.78 is 26.7. The molecule has 0 atom stereocenters. The van der Waals surface area contributed by atoms with Crippen LogP contribution in [-0.2, 0) is 30.5 Å². The summed E-state index contributed by atoms with van der Waals surface area (Å²) in [6.07, 6.45) is 2.96. The zero-order chi connectivity index (χ0) is 30.0. The molecule has 9 heteroatoms. The van der Waals surface area contributed by atoms with E-state index in [4.69, 9.17) is 23.7 Å². The molecule has 0 saturated heterocycles. The average Bonchev–Trinajstić information content (AvgIpc) is 2.87. The molecule has 9 nitrogen and oxygen atoms in total. The Morgan fingerprint density at radius 2 is 1.07 bits per heavy atom. The molecule has 0 bridgehead atoms. The number of carbonyl (C=O) groups is 4. The third-order valence-corrected chi connectivity index (χ3v) is 4.73. The minimum Gasteiger partial charge on any atom is -0.496 e. The van der Waals surface area contributed by atoms with E-state index in [2.05, 4.69) is 26.3 Å². The maximum absolute atomic E-state index is 12.1. The van der Waals surface area contributed by atoms with Crippen molar-refractivity contribution in [1.29, 1.82) is 0 Å². The molecule has 0 aliphatic carbocycles. The maximum Gasteiger partial charge on any atom is 0.338 e. The van der Waals surface area contributed by atoms with Crippen LogP contribution in [0, 0.1) is 0 Å². The summed E-state index contributed by atoms with van der Waals surface area (Å²) in [7, 11) is 0. The van der Waals surface area contributed by atoms with E-state index in [1.165, 1.54) is 52.2 Å². The van der Waals surface area contributed by atoms with Crippen molar-refractivity contribution in [2.75, 3.05) is 0 Å². The second kappa shape index (κ2) is 14.1. The minimum atomic E-state index is -0.694. The lowest BCUT2D eigenvalue weighted by Crippen LogP contribution is -2.12. The topological polar surface area (TPSA) is 114 Å². The molecule has 208 valence electrons. The molecule has 2 rings (SSSR count). The summed E-state index contributed by atoms with van der Waals surface area (Å²) in [6.45, 7) is 20.2. The Labute approximate surface area is 232 Å². The molecule has 0 N–H and O–H groups in total. The predicted molar refractivity (Wildman–Crippen MR) is 149 cm³/mol. The number of esters is 4. The van der Waals surface area contributed by atoms with Gasteiger partial charge in [-0.05, 0) is 69.2 Å². The second-order valence-corrected chi connectivity index (χ2v) is 8.81. The Bertz CT molecular complexity index is 1380. The third-order valence-electron chi connectivity index (χ3n) is 4.73. The summed E-state index contributed by atoms with van der Waals surface area (Å²) >= 11 is 0. The highest BCUT2D eigenvalue weighted by atomic mass is 16.6. The van der Waals surface area contributed by atoms with Crippen molar-refractivity contribution < 1.29 is 42.9 Å². The van der Waals surface area contributed by atoms with E-state index >= 15 is 0 Å². The smallest absolute Gasteiger partial charge is 0.338 e.